The molecule has 6 nitrogen and oxygen atoms in total. The number of carbonyl (C=O) groups excluding carboxylic acids is 1. The van der Waals surface area contributed by atoms with E-state index in [1.165, 1.54) is 12.1 Å². The van der Waals surface area contributed by atoms with E-state index in [2.05, 4.69) is 16.0 Å². The van der Waals surface area contributed by atoms with E-state index in [0.717, 1.165) is 25.2 Å². The quantitative estimate of drug-likeness (QED) is 0.655. The van der Waals surface area contributed by atoms with Crippen LogP contribution in [0.25, 0.3) is 5.69 Å². The zero-order valence-electron chi connectivity index (χ0n) is 16.2. The number of nitrogens with zero attached hydrogens (tertiary/aromatic N) is 4. The number of piperazine rings is 1. The van der Waals surface area contributed by atoms with Crippen LogP contribution in [-0.4, -0.2) is 51.4 Å². The van der Waals surface area contributed by atoms with Crippen LogP contribution in [0.3, 0.4) is 0 Å². The van der Waals surface area contributed by atoms with Gasteiger partial charge in [0.2, 0.25) is 0 Å². The molecule has 1 amide bonds. The Bertz CT molecular complexity index is 1140. The number of halogens is 1. The van der Waals surface area contributed by atoms with Crippen molar-refractivity contribution < 1.29 is 9.18 Å². The van der Waals surface area contributed by atoms with E-state index in [4.69, 9.17) is 17.5 Å². The molecular formula is C22H20FN5OS. The Labute approximate surface area is 178 Å². The van der Waals surface area contributed by atoms with Crippen molar-refractivity contribution >= 4 is 18.1 Å². The largest absolute Gasteiger partial charge is 0.336 e. The van der Waals surface area contributed by atoms with Crippen LogP contribution in [0.2, 0.25) is 0 Å². The molecular weight excluding hydrogens is 401 g/mol. The lowest BCUT2D eigenvalue weighted by molar-refractivity contribution is 0.0620. The number of aromatic amines is 1. The minimum atomic E-state index is -0.341. The normalized spacial score (nSPS) is 14.5. The fourth-order valence-corrected chi connectivity index (χ4v) is 3.85. The Morgan fingerprint density at radius 2 is 1.73 bits per heavy atom. The van der Waals surface area contributed by atoms with Crippen LogP contribution in [0.15, 0.2) is 54.7 Å². The van der Waals surface area contributed by atoms with Gasteiger partial charge in [-0.25, -0.2) is 4.39 Å². The van der Waals surface area contributed by atoms with E-state index in [9.17, 15) is 9.18 Å². The number of H-pyrrole nitrogens is 1. The molecule has 1 aliphatic heterocycles. The third-order valence-electron chi connectivity index (χ3n) is 5.23. The standard InChI is InChI=1S/C22H20FN5OS/c23-18-5-7-19(8-6-18)28-20(14-25-22(28)30)21(29)27-11-9-26(10-12-27)15-17-3-1-16(13-24)2-4-17/h1-8,14H,9-12,15H2,(H,25,30). The monoisotopic (exact) mass is 421 g/mol. The van der Waals surface area contributed by atoms with Crippen molar-refractivity contribution in [2.75, 3.05) is 26.2 Å². The van der Waals surface area contributed by atoms with Gasteiger partial charge in [-0.3, -0.25) is 14.3 Å². The van der Waals surface area contributed by atoms with E-state index in [0.29, 0.717) is 34.8 Å². The van der Waals surface area contributed by atoms with Gasteiger partial charge in [-0.2, -0.15) is 5.26 Å². The van der Waals surface area contributed by atoms with Crippen LogP contribution in [0.1, 0.15) is 21.6 Å². The van der Waals surface area contributed by atoms with E-state index >= 15 is 0 Å². The third-order valence-corrected chi connectivity index (χ3v) is 5.53. The summed E-state index contributed by atoms with van der Waals surface area (Å²) in [7, 11) is 0. The molecule has 0 bridgehead atoms. The van der Waals surface area contributed by atoms with Crippen molar-refractivity contribution in [1.82, 2.24) is 19.4 Å². The number of rotatable bonds is 4. The van der Waals surface area contributed by atoms with Gasteiger partial charge in [-0.05, 0) is 54.2 Å². The van der Waals surface area contributed by atoms with Crippen molar-refractivity contribution in [3.8, 4) is 11.8 Å². The highest BCUT2D eigenvalue weighted by Gasteiger charge is 2.25. The van der Waals surface area contributed by atoms with Crippen molar-refractivity contribution in [1.29, 1.82) is 5.26 Å². The Hall–Kier alpha value is -3.28. The van der Waals surface area contributed by atoms with Crippen molar-refractivity contribution in [3.05, 3.63) is 82.1 Å². The molecule has 1 saturated heterocycles. The molecule has 1 N–H and O–H groups in total. The van der Waals surface area contributed by atoms with Gasteiger partial charge in [0.05, 0.1) is 11.6 Å². The van der Waals surface area contributed by atoms with Crippen LogP contribution in [0.5, 0.6) is 0 Å². The zero-order chi connectivity index (χ0) is 21.1. The van der Waals surface area contributed by atoms with E-state index in [-0.39, 0.29) is 11.7 Å². The topological polar surface area (TPSA) is 68.1 Å². The molecule has 2 aromatic carbocycles. The summed E-state index contributed by atoms with van der Waals surface area (Å²) in [5, 5.41) is 8.91. The van der Waals surface area contributed by atoms with Crippen LogP contribution in [0.4, 0.5) is 4.39 Å². The number of amides is 1. The predicted octanol–water partition coefficient (Wildman–Crippen LogP) is 3.50. The summed E-state index contributed by atoms with van der Waals surface area (Å²) in [6, 6.07) is 15.6. The molecule has 2 heterocycles. The first-order valence-electron chi connectivity index (χ1n) is 9.62. The van der Waals surface area contributed by atoms with Gasteiger partial charge >= 0.3 is 0 Å². The van der Waals surface area contributed by atoms with Crippen LogP contribution >= 0.6 is 12.2 Å². The van der Waals surface area contributed by atoms with E-state index < -0.39 is 0 Å². The van der Waals surface area contributed by atoms with Crippen molar-refractivity contribution in [2.24, 2.45) is 0 Å². The Morgan fingerprint density at radius 3 is 2.37 bits per heavy atom. The molecule has 1 fully saturated rings. The second-order valence-corrected chi connectivity index (χ2v) is 7.55. The number of nitriles is 1. The van der Waals surface area contributed by atoms with Gasteiger partial charge in [0, 0.05) is 44.6 Å². The summed E-state index contributed by atoms with van der Waals surface area (Å²) in [6.45, 7) is 3.51. The van der Waals surface area contributed by atoms with Gasteiger partial charge in [-0.1, -0.05) is 12.1 Å². The highest BCUT2D eigenvalue weighted by atomic mass is 32.1. The number of benzene rings is 2. The van der Waals surface area contributed by atoms with Gasteiger partial charge in [0.1, 0.15) is 11.5 Å². The highest BCUT2D eigenvalue weighted by Crippen LogP contribution is 2.17. The maximum Gasteiger partial charge on any atom is 0.272 e. The molecule has 4 rings (SSSR count). The Morgan fingerprint density at radius 1 is 1.07 bits per heavy atom. The maximum atomic E-state index is 13.3. The molecule has 1 aromatic heterocycles. The minimum absolute atomic E-state index is 0.107. The lowest BCUT2D eigenvalue weighted by Gasteiger charge is -2.34. The van der Waals surface area contributed by atoms with Crippen molar-refractivity contribution in [3.63, 3.8) is 0 Å². The molecule has 0 spiro atoms. The number of hydrogen-bond donors (Lipinski definition) is 1. The number of nitrogens with one attached hydrogen (secondary N) is 1. The molecule has 0 radical (unpaired) electrons. The second-order valence-electron chi connectivity index (χ2n) is 7.17. The predicted molar refractivity (Wildman–Crippen MR) is 113 cm³/mol. The average molecular weight is 422 g/mol. The molecule has 30 heavy (non-hydrogen) atoms. The number of hydrogen-bond acceptors (Lipinski definition) is 4. The maximum absolute atomic E-state index is 13.3. The van der Waals surface area contributed by atoms with E-state index in [1.54, 1.807) is 22.9 Å². The summed E-state index contributed by atoms with van der Waals surface area (Å²) in [5.74, 6) is -0.447. The zero-order valence-corrected chi connectivity index (χ0v) is 17.0. The number of aromatic nitrogens is 2. The first kappa shape index (κ1) is 20.0. The lowest BCUT2D eigenvalue weighted by atomic mass is 10.1. The SMILES string of the molecule is N#Cc1ccc(CN2CCN(C(=O)c3c[nH]c(=S)n3-c3ccc(F)cc3)CC2)cc1. The fraction of sp³-hybridized carbons (Fsp3) is 0.227. The highest BCUT2D eigenvalue weighted by molar-refractivity contribution is 7.71. The Kier molecular flexibility index (Phi) is 5.74. The van der Waals surface area contributed by atoms with Crippen LogP contribution in [-0.2, 0) is 6.54 Å². The lowest BCUT2D eigenvalue weighted by Crippen LogP contribution is -2.48. The smallest absolute Gasteiger partial charge is 0.272 e. The summed E-state index contributed by atoms with van der Waals surface area (Å²) in [5.41, 5.74) is 2.87. The molecule has 0 atom stereocenters. The first-order valence-corrected chi connectivity index (χ1v) is 10.0. The summed E-state index contributed by atoms with van der Waals surface area (Å²) < 4.78 is 15.3. The van der Waals surface area contributed by atoms with Gasteiger partial charge < -0.3 is 9.88 Å². The fourth-order valence-electron chi connectivity index (χ4n) is 3.59. The van der Waals surface area contributed by atoms with E-state index in [1.807, 2.05) is 29.2 Å². The number of carbonyl (C=O) groups is 1. The molecule has 3 aromatic rings. The molecule has 0 aliphatic carbocycles. The van der Waals surface area contributed by atoms with Gasteiger partial charge in [0.25, 0.3) is 5.91 Å². The van der Waals surface area contributed by atoms with Crippen LogP contribution in [0, 0.1) is 21.9 Å². The van der Waals surface area contributed by atoms with Crippen LogP contribution < -0.4 is 0 Å². The second kappa shape index (κ2) is 8.61. The van der Waals surface area contributed by atoms with Gasteiger partial charge in [-0.15, -0.1) is 0 Å². The summed E-state index contributed by atoms with van der Waals surface area (Å²) in [4.78, 5) is 20.1. The average Bonchev–Trinajstić information content (AvgIpc) is 3.16. The molecule has 1 aliphatic rings. The first-order chi connectivity index (χ1) is 14.5. The summed E-state index contributed by atoms with van der Waals surface area (Å²) >= 11 is 5.33. The molecule has 0 unspecified atom stereocenters. The minimum Gasteiger partial charge on any atom is -0.336 e. The third kappa shape index (κ3) is 4.17. The summed E-state index contributed by atoms with van der Waals surface area (Å²) in [6.07, 6.45) is 1.61. The van der Waals surface area contributed by atoms with Gasteiger partial charge in [0.15, 0.2) is 4.77 Å². The Balaban J connectivity index is 1.43. The molecule has 8 heteroatoms. The molecule has 0 saturated carbocycles. The number of imidazole rings is 1. The van der Waals surface area contributed by atoms with Crippen molar-refractivity contribution in [2.45, 2.75) is 6.54 Å². The molecule has 152 valence electrons.